The summed E-state index contributed by atoms with van der Waals surface area (Å²) in [5, 5.41) is 12.3. The van der Waals surface area contributed by atoms with Crippen molar-refractivity contribution in [1.29, 1.82) is 5.26 Å². The van der Waals surface area contributed by atoms with Crippen molar-refractivity contribution in [2.24, 2.45) is 0 Å². The molecule has 1 nitrogen and oxygen atoms in total. The van der Waals surface area contributed by atoms with Gasteiger partial charge in [-0.15, -0.1) is 0 Å². The lowest BCUT2D eigenvalue weighted by molar-refractivity contribution is 1.48. The third-order valence-corrected chi connectivity index (χ3v) is 8.44. The van der Waals surface area contributed by atoms with Gasteiger partial charge in [0.2, 0.25) is 0 Å². The van der Waals surface area contributed by atoms with Gasteiger partial charge in [0.15, 0.2) is 0 Å². The van der Waals surface area contributed by atoms with E-state index in [0.717, 1.165) is 11.1 Å². The van der Waals surface area contributed by atoms with Crippen molar-refractivity contribution < 1.29 is 0 Å². The van der Waals surface area contributed by atoms with Gasteiger partial charge in [0.1, 0.15) is 0 Å². The van der Waals surface area contributed by atoms with Crippen LogP contribution in [0.3, 0.4) is 0 Å². The van der Waals surface area contributed by atoms with E-state index in [4.69, 9.17) is 0 Å². The number of fused-ring (bicyclic) bond motifs is 3. The van der Waals surface area contributed by atoms with E-state index in [1.54, 1.807) is 0 Å². The first-order valence-electron chi connectivity index (χ1n) is 14.3. The summed E-state index contributed by atoms with van der Waals surface area (Å²) in [5.41, 5.74) is 15.1. The molecule has 8 rings (SSSR count). The Kier molecular flexibility index (Phi) is 5.59. The van der Waals surface area contributed by atoms with E-state index in [9.17, 15) is 5.26 Å². The lowest BCUT2D eigenvalue weighted by Gasteiger charge is -2.21. The number of nitrogens with zero attached hydrogens (tertiary/aromatic N) is 1. The molecule has 0 unspecified atom stereocenters. The van der Waals surface area contributed by atoms with Gasteiger partial charge in [-0.1, -0.05) is 133 Å². The van der Waals surface area contributed by atoms with Gasteiger partial charge in [0.25, 0.3) is 0 Å². The van der Waals surface area contributed by atoms with Gasteiger partial charge in [-0.3, -0.25) is 0 Å². The van der Waals surface area contributed by atoms with E-state index in [0.29, 0.717) is 5.56 Å². The first-order valence-corrected chi connectivity index (χ1v) is 14.3. The molecule has 0 aromatic heterocycles. The maximum atomic E-state index is 9.77. The molecule has 1 heteroatoms. The van der Waals surface area contributed by atoms with Crippen LogP contribution in [0.2, 0.25) is 0 Å². The highest BCUT2D eigenvalue weighted by Gasteiger charge is 2.30. The molecule has 1 aliphatic rings. The normalized spacial score (nSPS) is 11.3. The molecule has 0 amide bonds. The smallest absolute Gasteiger partial charge is 0.0991 e. The van der Waals surface area contributed by atoms with Crippen LogP contribution in [0.4, 0.5) is 0 Å². The Balaban J connectivity index is 1.55. The van der Waals surface area contributed by atoms with E-state index in [-0.39, 0.29) is 0 Å². The predicted octanol–water partition coefficient (Wildman–Crippen LogP) is 11.0. The summed E-state index contributed by atoms with van der Waals surface area (Å²) in [5.74, 6) is 0. The molecule has 0 atom stereocenters. The Morgan fingerprint density at radius 1 is 0.357 bits per heavy atom. The van der Waals surface area contributed by atoms with Crippen molar-refractivity contribution in [3.63, 3.8) is 0 Å². The third kappa shape index (κ3) is 3.70. The van der Waals surface area contributed by atoms with Crippen LogP contribution < -0.4 is 0 Å². The lowest BCUT2D eigenvalue weighted by Crippen LogP contribution is -1.94. The van der Waals surface area contributed by atoms with Crippen LogP contribution in [0.25, 0.3) is 77.5 Å². The van der Waals surface area contributed by atoms with Crippen molar-refractivity contribution in [3.05, 3.63) is 157 Å². The van der Waals surface area contributed by atoms with Gasteiger partial charge >= 0.3 is 0 Å². The zero-order chi connectivity index (χ0) is 28.0. The zero-order valence-corrected chi connectivity index (χ0v) is 22.9. The van der Waals surface area contributed by atoms with Crippen LogP contribution >= 0.6 is 0 Å². The second-order valence-electron chi connectivity index (χ2n) is 10.8. The fraction of sp³-hybridized carbons (Fsp3) is 0. The molecule has 7 aromatic carbocycles. The Morgan fingerprint density at radius 3 is 1.60 bits per heavy atom. The number of nitriles is 1. The molecule has 0 spiro atoms. The molecule has 0 bridgehead atoms. The van der Waals surface area contributed by atoms with Crippen LogP contribution in [0, 0.1) is 11.3 Å². The van der Waals surface area contributed by atoms with Gasteiger partial charge in [0.05, 0.1) is 11.6 Å². The lowest BCUT2D eigenvalue weighted by atomic mass is 9.82. The molecule has 0 fully saturated rings. The van der Waals surface area contributed by atoms with Gasteiger partial charge in [-0.05, 0) is 95.7 Å². The van der Waals surface area contributed by atoms with Gasteiger partial charge < -0.3 is 0 Å². The molecule has 1 aliphatic carbocycles. The minimum atomic E-state index is 0.658. The minimum absolute atomic E-state index is 0.658. The molecule has 0 saturated heterocycles. The largest absolute Gasteiger partial charge is 0.192 e. The summed E-state index contributed by atoms with van der Waals surface area (Å²) in [4.78, 5) is 0. The molecular formula is C41H25N. The minimum Gasteiger partial charge on any atom is -0.192 e. The van der Waals surface area contributed by atoms with E-state index < -0.39 is 0 Å². The summed E-state index contributed by atoms with van der Waals surface area (Å²) < 4.78 is 0. The van der Waals surface area contributed by atoms with Crippen LogP contribution in [-0.2, 0) is 0 Å². The molecule has 0 heterocycles. The predicted molar refractivity (Wildman–Crippen MR) is 175 cm³/mol. The zero-order valence-electron chi connectivity index (χ0n) is 22.9. The molecular weight excluding hydrogens is 506 g/mol. The first kappa shape index (κ1) is 24.1. The highest BCUT2D eigenvalue weighted by molar-refractivity contribution is 6.24. The Labute approximate surface area is 245 Å². The third-order valence-electron chi connectivity index (χ3n) is 8.44. The quantitative estimate of drug-likeness (QED) is 0.222. The maximum absolute atomic E-state index is 9.77. The molecule has 0 radical (unpaired) electrons. The molecule has 0 saturated carbocycles. The van der Waals surface area contributed by atoms with E-state index in [2.05, 4.69) is 140 Å². The Morgan fingerprint density at radius 2 is 0.905 bits per heavy atom. The molecule has 7 aromatic rings. The highest BCUT2D eigenvalue weighted by Crippen LogP contribution is 2.58. The highest BCUT2D eigenvalue weighted by atomic mass is 14.3. The Bertz CT molecular complexity index is 2170. The SMILES string of the molecule is N#Cc1cccc(-c2cc(-c3ccccc3)c3c(c2-c2ccccc2)-c2cccc4c(-c5ccccc5)ccc-3c24)c1. The van der Waals surface area contributed by atoms with Crippen LogP contribution in [0.15, 0.2) is 152 Å². The number of hydrogen-bond acceptors (Lipinski definition) is 1. The van der Waals surface area contributed by atoms with E-state index in [1.807, 2.05) is 18.2 Å². The summed E-state index contributed by atoms with van der Waals surface area (Å²) in [7, 11) is 0. The van der Waals surface area contributed by atoms with Crippen molar-refractivity contribution in [3.8, 4) is 72.8 Å². The second-order valence-corrected chi connectivity index (χ2v) is 10.8. The maximum Gasteiger partial charge on any atom is 0.0991 e. The van der Waals surface area contributed by atoms with Crippen molar-refractivity contribution in [2.45, 2.75) is 0 Å². The fourth-order valence-corrected chi connectivity index (χ4v) is 6.66. The standard InChI is InChI=1S/C41H25N/c42-26-27-12-10-19-31(24-27)37-25-36(29-15-6-2-7-16-29)40-35-23-22-32(28-13-4-1-5-14-28)33-20-11-21-34(39(33)35)41(40)38(37)30-17-8-3-9-18-30/h1-25H. The number of hydrogen-bond donors (Lipinski definition) is 0. The summed E-state index contributed by atoms with van der Waals surface area (Å²) in [6.07, 6.45) is 0. The van der Waals surface area contributed by atoms with Crippen LogP contribution in [0.1, 0.15) is 5.56 Å². The van der Waals surface area contributed by atoms with Crippen molar-refractivity contribution >= 4 is 10.8 Å². The van der Waals surface area contributed by atoms with Crippen LogP contribution in [0.5, 0.6) is 0 Å². The number of benzene rings is 7. The summed E-state index contributed by atoms with van der Waals surface area (Å²) in [6.45, 7) is 0. The average molecular weight is 532 g/mol. The van der Waals surface area contributed by atoms with Gasteiger partial charge in [-0.2, -0.15) is 5.26 Å². The first-order chi connectivity index (χ1) is 20.8. The monoisotopic (exact) mass is 531 g/mol. The summed E-state index contributed by atoms with van der Waals surface area (Å²) in [6, 6.07) is 56.1. The average Bonchev–Trinajstić information content (AvgIpc) is 3.41. The van der Waals surface area contributed by atoms with Gasteiger partial charge in [0, 0.05) is 0 Å². The molecule has 0 N–H and O–H groups in total. The molecule has 42 heavy (non-hydrogen) atoms. The van der Waals surface area contributed by atoms with Crippen molar-refractivity contribution in [1.82, 2.24) is 0 Å². The fourth-order valence-electron chi connectivity index (χ4n) is 6.66. The topological polar surface area (TPSA) is 23.8 Å². The van der Waals surface area contributed by atoms with Crippen LogP contribution in [-0.4, -0.2) is 0 Å². The van der Waals surface area contributed by atoms with Crippen molar-refractivity contribution in [2.75, 3.05) is 0 Å². The molecule has 194 valence electrons. The summed E-state index contributed by atoms with van der Waals surface area (Å²) >= 11 is 0. The van der Waals surface area contributed by atoms with E-state index >= 15 is 0 Å². The van der Waals surface area contributed by atoms with Gasteiger partial charge in [-0.25, -0.2) is 0 Å². The Hall–Kier alpha value is -5.71. The number of rotatable bonds is 4. The second kappa shape index (κ2) is 9.73. The molecule has 0 aliphatic heterocycles. The van der Waals surface area contributed by atoms with E-state index in [1.165, 1.54) is 66.4 Å².